The summed E-state index contributed by atoms with van der Waals surface area (Å²) in [5, 5.41) is 11.3. The van der Waals surface area contributed by atoms with E-state index < -0.39 is 5.97 Å². The highest BCUT2D eigenvalue weighted by Gasteiger charge is 2.22. The second kappa shape index (κ2) is 6.88. The van der Waals surface area contributed by atoms with Crippen molar-refractivity contribution < 1.29 is 19.5 Å². The number of benzene rings is 1. The summed E-state index contributed by atoms with van der Waals surface area (Å²) in [5.74, 6) is -1.03. The lowest BCUT2D eigenvalue weighted by molar-refractivity contribution is -0.137. The lowest BCUT2D eigenvalue weighted by atomic mass is 10.1. The molecule has 1 aromatic rings. The predicted octanol–water partition coefficient (Wildman–Crippen LogP) is 1.26. The summed E-state index contributed by atoms with van der Waals surface area (Å²) in [5.41, 5.74) is 1.55. The van der Waals surface area contributed by atoms with E-state index in [9.17, 15) is 14.4 Å². The van der Waals surface area contributed by atoms with Crippen molar-refractivity contribution in [2.45, 2.75) is 25.7 Å². The number of carboxylic acid groups (broad SMARTS) is 1. The van der Waals surface area contributed by atoms with Gasteiger partial charge in [-0.15, -0.1) is 0 Å². The van der Waals surface area contributed by atoms with Gasteiger partial charge in [-0.3, -0.25) is 14.4 Å². The number of amides is 2. The molecule has 2 amide bonds. The van der Waals surface area contributed by atoms with Crippen LogP contribution in [0.25, 0.3) is 0 Å². The van der Waals surface area contributed by atoms with Gasteiger partial charge in [-0.2, -0.15) is 0 Å². The molecule has 1 aliphatic heterocycles. The number of likely N-dealkylation sites (tertiary alicyclic amines) is 1. The molecule has 0 unspecified atom stereocenters. The number of hydrogen-bond acceptors (Lipinski definition) is 3. The SMILES string of the molecule is O=C(O)CCc1ccc(NC(=O)CN2CCCC2=O)cc1. The Bertz CT molecular complexity index is 539. The van der Waals surface area contributed by atoms with Crippen LogP contribution in [0.5, 0.6) is 0 Å². The maximum Gasteiger partial charge on any atom is 0.303 e. The van der Waals surface area contributed by atoms with Crippen LogP contribution in [0.3, 0.4) is 0 Å². The molecule has 0 saturated carbocycles. The van der Waals surface area contributed by atoms with Crippen LogP contribution in [-0.2, 0) is 20.8 Å². The van der Waals surface area contributed by atoms with Crippen molar-refractivity contribution in [1.82, 2.24) is 4.90 Å². The molecule has 1 heterocycles. The van der Waals surface area contributed by atoms with Gasteiger partial charge in [0.1, 0.15) is 0 Å². The molecule has 1 aromatic carbocycles. The van der Waals surface area contributed by atoms with Crippen molar-refractivity contribution in [2.24, 2.45) is 0 Å². The van der Waals surface area contributed by atoms with Gasteiger partial charge < -0.3 is 15.3 Å². The minimum atomic E-state index is -0.831. The summed E-state index contributed by atoms with van der Waals surface area (Å²) >= 11 is 0. The molecule has 0 atom stereocenters. The third-order valence-corrected chi connectivity index (χ3v) is 3.37. The molecule has 1 fully saturated rings. The van der Waals surface area contributed by atoms with Crippen molar-refractivity contribution in [3.05, 3.63) is 29.8 Å². The fraction of sp³-hybridized carbons (Fsp3) is 0.400. The maximum absolute atomic E-state index is 11.8. The number of anilines is 1. The van der Waals surface area contributed by atoms with Crippen molar-refractivity contribution in [3.8, 4) is 0 Å². The second-order valence-electron chi connectivity index (χ2n) is 5.06. The van der Waals surface area contributed by atoms with Crippen LogP contribution in [0.2, 0.25) is 0 Å². The Kier molecular flexibility index (Phi) is 4.92. The van der Waals surface area contributed by atoms with Crippen molar-refractivity contribution >= 4 is 23.5 Å². The summed E-state index contributed by atoms with van der Waals surface area (Å²) < 4.78 is 0. The number of aliphatic carboxylic acids is 1. The lowest BCUT2D eigenvalue weighted by Crippen LogP contribution is -2.33. The van der Waals surface area contributed by atoms with Gasteiger partial charge in [0.2, 0.25) is 11.8 Å². The summed E-state index contributed by atoms with van der Waals surface area (Å²) in [6.45, 7) is 0.722. The molecule has 6 heteroatoms. The van der Waals surface area contributed by atoms with E-state index in [1.54, 1.807) is 29.2 Å². The molecule has 2 N–H and O–H groups in total. The highest BCUT2D eigenvalue weighted by Crippen LogP contribution is 2.13. The molecule has 21 heavy (non-hydrogen) atoms. The molecule has 2 rings (SSSR count). The quantitative estimate of drug-likeness (QED) is 0.826. The van der Waals surface area contributed by atoms with Gasteiger partial charge in [0.15, 0.2) is 0 Å². The molecule has 1 aliphatic rings. The van der Waals surface area contributed by atoms with Gasteiger partial charge in [-0.1, -0.05) is 12.1 Å². The zero-order chi connectivity index (χ0) is 15.2. The molecule has 1 saturated heterocycles. The first-order valence-corrected chi connectivity index (χ1v) is 6.93. The average molecular weight is 290 g/mol. The fourth-order valence-corrected chi connectivity index (χ4v) is 2.25. The van der Waals surface area contributed by atoms with Crippen LogP contribution in [0.1, 0.15) is 24.8 Å². The van der Waals surface area contributed by atoms with E-state index in [4.69, 9.17) is 5.11 Å². The van der Waals surface area contributed by atoms with Gasteiger partial charge >= 0.3 is 5.97 Å². The normalized spacial score (nSPS) is 14.3. The van der Waals surface area contributed by atoms with E-state index in [-0.39, 0.29) is 24.8 Å². The minimum absolute atomic E-state index is 0.0224. The molecular weight excluding hydrogens is 272 g/mol. The number of rotatable bonds is 6. The number of carboxylic acids is 1. The highest BCUT2D eigenvalue weighted by atomic mass is 16.4. The lowest BCUT2D eigenvalue weighted by Gasteiger charge is -2.15. The van der Waals surface area contributed by atoms with E-state index in [0.717, 1.165) is 12.0 Å². The molecule has 0 bridgehead atoms. The first-order valence-electron chi connectivity index (χ1n) is 6.93. The Morgan fingerprint density at radius 1 is 1.24 bits per heavy atom. The predicted molar refractivity (Wildman–Crippen MR) is 76.8 cm³/mol. The van der Waals surface area contributed by atoms with E-state index >= 15 is 0 Å². The molecule has 0 spiro atoms. The van der Waals surface area contributed by atoms with Crippen molar-refractivity contribution in [2.75, 3.05) is 18.4 Å². The van der Waals surface area contributed by atoms with Gasteiger partial charge in [0, 0.05) is 25.1 Å². The van der Waals surface area contributed by atoms with Crippen molar-refractivity contribution in [1.29, 1.82) is 0 Å². The van der Waals surface area contributed by atoms with Crippen LogP contribution >= 0.6 is 0 Å². The molecule has 0 aromatic heterocycles. The largest absolute Gasteiger partial charge is 0.481 e. The summed E-state index contributed by atoms with van der Waals surface area (Å²) in [4.78, 5) is 35.3. The van der Waals surface area contributed by atoms with Gasteiger partial charge in [0.25, 0.3) is 0 Å². The van der Waals surface area contributed by atoms with E-state index in [2.05, 4.69) is 5.32 Å². The minimum Gasteiger partial charge on any atom is -0.481 e. The Balaban J connectivity index is 1.83. The smallest absolute Gasteiger partial charge is 0.303 e. The van der Waals surface area contributed by atoms with E-state index in [0.29, 0.717) is 25.1 Å². The standard InChI is InChI=1S/C15H18N2O4/c18-13(10-17-9-1-2-14(17)19)16-12-6-3-11(4-7-12)5-8-15(20)21/h3-4,6-7H,1-2,5,8-10H2,(H,16,18)(H,20,21). The number of nitrogens with one attached hydrogen (secondary N) is 1. The van der Waals surface area contributed by atoms with Crippen molar-refractivity contribution in [3.63, 3.8) is 0 Å². The van der Waals surface area contributed by atoms with Crippen LogP contribution < -0.4 is 5.32 Å². The fourth-order valence-electron chi connectivity index (χ4n) is 2.25. The number of carbonyl (C=O) groups is 3. The summed E-state index contributed by atoms with van der Waals surface area (Å²) in [6.07, 6.45) is 1.88. The van der Waals surface area contributed by atoms with E-state index in [1.807, 2.05) is 0 Å². The Morgan fingerprint density at radius 2 is 1.95 bits per heavy atom. The second-order valence-corrected chi connectivity index (χ2v) is 5.06. The van der Waals surface area contributed by atoms with Gasteiger partial charge in [0.05, 0.1) is 6.54 Å². The Labute approximate surface area is 122 Å². The number of hydrogen-bond donors (Lipinski definition) is 2. The number of carbonyl (C=O) groups excluding carboxylic acids is 2. The Morgan fingerprint density at radius 3 is 2.52 bits per heavy atom. The van der Waals surface area contributed by atoms with Crippen LogP contribution in [0, 0.1) is 0 Å². The van der Waals surface area contributed by atoms with E-state index in [1.165, 1.54) is 0 Å². The highest BCUT2D eigenvalue weighted by molar-refractivity contribution is 5.94. The third-order valence-electron chi connectivity index (χ3n) is 3.37. The first kappa shape index (κ1) is 15.0. The monoisotopic (exact) mass is 290 g/mol. The number of aryl methyl sites for hydroxylation is 1. The molecule has 0 radical (unpaired) electrons. The molecule has 6 nitrogen and oxygen atoms in total. The molecule has 0 aliphatic carbocycles. The third kappa shape index (κ3) is 4.59. The zero-order valence-corrected chi connectivity index (χ0v) is 11.7. The summed E-state index contributed by atoms with van der Waals surface area (Å²) in [7, 11) is 0. The van der Waals surface area contributed by atoms with Crippen LogP contribution in [0.4, 0.5) is 5.69 Å². The number of nitrogens with zero attached hydrogens (tertiary/aromatic N) is 1. The average Bonchev–Trinajstić information content (AvgIpc) is 2.83. The van der Waals surface area contributed by atoms with Gasteiger partial charge in [-0.05, 0) is 30.5 Å². The van der Waals surface area contributed by atoms with Crippen LogP contribution in [-0.4, -0.2) is 40.9 Å². The maximum atomic E-state index is 11.8. The zero-order valence-electron chi connectivity index (χ0n) is 11.7. The topological polar surface area (TPSA) is 86.7 Å². The summed E-state index contributed by atoms with van der Waals surface area (Å²) in [6, 6.07) is 7.06. The first-order chi connectivity index (χ1) is 10.0. The Hall–Kier alpha value is -2.37. The van der Waals surface area contributed by atoms with Crippen LogP contribution in [0.15, 0.2) is 24.3 Å². The molecular formula is C15H18N2O4. The molecule has 112 valence electrons. The van der Waals surface area contributed by atoms with Gasteiger partial charge in [-0.25, -0.2) is 0 Å².